The van der Waals surface area contributed by atoms with Crippen molar-refractivity contribution in [3.8, 4) is 6.07 Å². The van der Waals surface area contributed by atoms with Gasteiger partial charge in [0.1, 0.15) is 0 Å². The Bertz CT molecular complexity index is 518. The maximum Gasteiger partial charge on any atom is 0.234 e. The second kappa shape index (κ2) is 7.45. The summed E-state index contributed by atoms with van der Waals surface area (Å²) in [6, 6.07) is 5.67. The first-order chi connectivity index (χ1) is 10.2. The number of anilines is 2. The van der Waals surface area contributed by atoms with Crippen molar-refractivity contribution in [2.24, 2.45) is 0 Å². The molecule has 112 valence electrons. The summed E-state index contributed by atoms with van der Waals surface area (Å²) >= 11 is 0. The summed E-state index contributed by atoms with van der Waals surface area (Å²) < 4.78 is 0. The van der Waals surface area contributed by atoms with Gasteiger partial charge in [0.05, 0.1) is 24.7 Å². The zero-order valence-corrected chi connectivity index (χ0v) is 12.0. The molecular weight excluding hydrogens is 268 g/mol. The van der Waals surface area contributed by atoms with Crippen LogP contribution in [0.25, 0.3) is 0 Å². The number of nitriles is 1. The number of amides is 1. The number of nitrogens with zero attached hydrogens (tertiary/aromatic N) is 4. The standard InChI is InChI=1S/C14H20N6O/c15-4-2-6-17-13(21)11-19-7-9-20(10-8-19)14-12(16)3-1-5-18-14/h1,3,5H,2,6-11,16H2,(H,17,21). The zero-order chi connectivity index (χ0) is 15.1. The van der Waals surface area contributed by atoms with E-state index >= 15 is 0 Å². The van der Waals surface area contributed by atoms with E-state index in [1.54, 1.807) is 6.20 Å². The van der Waals surface area contributed by atoms with Crippen molar-refractivity contribution in [2.45, 2.75) is 6.42 Å². The van der Waals surface area contributed by atoms with Crippen LogP contribution in [0.5, 0.6) is 0 Å². The van der Waals surface area contributed by atoms with Crippen molar-refractivity contribution in [3.63, 3.8) is 0 Å². The van der Waals surface area contributed by atoms with Crippen LogP contribution < -0.4 is 16.0 Å². The summed E-state index contributed by atoms with van der Waals surface area (Å²) in [5.41, 5.74) is 6.61. The number of carbonyl (C=O) groups is 1. The van der Waals surface area contributed by atoms with Crippen molar-refractivity contribution in [1.82, 2.24) is 15.2 Å². The van der Waals surface area contributed by atoms with Gasteiger partial charge in [0.25, 0.3) is 0 Å². The molecule has 0 bridgehead atoms. The number of nitrogens with one attached hydrogen (secondary N) is 1. The largest absolute Gasteiger partial charge is 0.396 e. The quantitative estimate of drug-likeness (QED) is 0.729. The van der Waals surface area contributed by atoms with Crippen molar-refractivity contribution in [3.05, 3.63) is 18.3 Å². The van der Waals surface area contributed by atoms with Crippen LogP contribution in [0.2, 0.25) is 0 Å². The van der Waals surface area contributed by atoms with Crippen LogP contribution >= 0.6 is 0 Å². The number of piperazine rings is 1. The minimum Gasteiger partial charge on any atom is -0.396 e. The van der Waals surface area contributed by atoms with Crippen molar-refractivity contribution >= 4 is 17.4 Å². The normalized spacial score (nSPS) is 15.5. The molecule has 3 N–H and O–H groups in total. The Morgan fingerprint density at radius 2 is 2.19 bits per heavy atom. The van der Waals surface area contributed by atoms with Crippen molar-refractivity contribution < 1.29 is 4.79 Å². The third-order valence-corrected chi connectivity index (χ3v) is 3.41. The average Bonchev–Trinajstić information content (AvgIpc) is 2.49. The smallest absolute Gasteiger partial charge is 0.234 e. The molecule has 0 aliphatic carbocycles. The monoisotopic (exact) mass is 288 g/mol. The number of rotatable bonds is 5. The van der Waals surface area contributed by atoms with E-state index in [9.17, 15) is 4.79 Å². The van der Waals surface area contributed by atoms with Gasteiger partial charge in [0, 0.05) is 38.9 Å². The molecule has 2 rings (SSSR count). The van der Waals surface area contributed by atoms with Gasteiger partial charge in [-0.05, 0) is 12.1 Å². The van der Waals surface area contributed by atoms with E-state index in [1.165, 1.54) is 0 Å². The van der Waals surface area contributed by atoms with E-state index in [-0.39, 0.29) is 5.91 Å². The molecule has 7 nitrogen and oxygen atoms in total. The molecule has 0 unspecified atom stereocenters. The number of aromatic nitrogens is 1. The highest BCUT2D eigenvalue weighted by molar-refractivity contribution is 5.78. The van der Waals surface area contributed by atoms with Crippen LogP contribution in [-0.4, -0.2) is 55.1 Å². The zero-order valence-electron chi connectivity index (χ0n) is 12.0. The molecule has 1 aliphatic rings. The fourth-order valence-corrected chi connectivity index (χ4v) is 2.31. The molecule has 0 saturated carbocycles. The summed E-state index contributed by atoms with van der Waals surface area (Å²) in [4.78, 5) is 20.2. The Morgan fingerprint density at radius 3 is 2.86 bits per heavy atom. The van der Waals surface area contributed by atoms with Gasteiger partial charge in [-0.15, -0.1) is 0 Å². The average molecular weight is 288 g/mol. The van der Waals surface area contributed by atoms with E-state index in [0.717, 1.165) is 32.0 Å². The van der Waals surface area contributed by atoms with Crippen LogP contribution in [0.4, 0.5) is 11.5 Å². The van der Waals surface area contributed by atoms with Gasteiger partial charge in [-0.1, -0.05) is 0 Å². The van der Waals surface area contributed by atoms with Gasteiger partial charge >= 0.3 is 0 Å². The third kappa shape index (κ3) is 4.33. The molecular formula is C14H20N6O. The highest BCUT2D eigenvalue weighted by Gasteiger charge is 2.20. The topological polar surface area (TPSA) is 98.3 Å². The third-order valence-electron chi connectivity index (χ3n) is 3.41. The molecule has 1 fully saturated rings. The lowest BCUT2D eigenvalue weighted by molar-refractivity contribution is -0.122. The van der Waals surface area contributed by atoms with Crippen LogP contribution in [0.1, 0.15) is 6.42 Å². The van der Waals surface area contributed by atoms with Crippen molar-refractivity contribution in [2.75, 3.05) is 49.9 Å². The fourth-order valence-electron chi connectivity index (χ4n) is 2.31. The number of carbonyl (C=O) groups excluding carboxylic acids is 1. The molecule has 0 atom stereocenters. The minimum atomic E-state index is -0.0314. The first-order valence-corrected chi connectivity index (χ1v) is 7.02. The van der Waals surface area contributed by atoms with E-state index in [1.807, 2.05) is 18.2 Å². The van der Waals surface area contributed by atoms with Gasteiger partial charge < -0.3 is 16.0 Å². The molecule has 1 aromatic heterocycles. The molecule has 1 saturated heterocycles. The first kappa shape index (κ1) is 15.1. The van der Waals surface area contributed by atoms with Crippen LogP contribution in [-0.2, 0) is 4.79 Å². The lowest BCUT2D eigenvalue weighted by Crippen LogP contribution is -2.50. The number of nitrogens with two attached hydrogens (primary N) is 1. The molecule has 1 aliphatic heterocycles. The molecule has 21 heavy (non-hydrogen) atoms. The first-order valence-electron chi connectivity index (χ1n) is 7.02. The van der Waals surface area contributed by atoms with E-state index in [4.69, 9.17) is 11.0 Å². The van der Waals surface area contributed by atoms with Gasteiger partial charge in [0.2, 0.25) is 5.91 Å². The second-order valence-electron chi connectivity index (χ2n) is 4.94. The molecule has 1 aromatic rings. The molecule has 2 heterocycles. The summed E-state index contributed by atoms with van der Waals surface area (Å²) in [5, 5.41) is 11.2. The second-order valence-corrected chi connectivity index (χ2v) is 4.94. The number of pyridine rings is 1. The molecule has 0 radical (unpaired) electrons. The van der Waals surface area contributed by atoms with E-state index in [0.29, 0.717) is 25.2 Å². The Labute approximate surface area is 124 Å². The Balaban J connectivity index is 1.77. The van der Waals surface area contributed by atoms with E-state index in [2.05, 4.69) is 20.1 Å². The lowest BCUT2D eigenvalue weighted by atomic mass is 10.3. The summed E-state index contributed by atoms with van der Waals surface area (Å²) in [6.45, 7) is 3.97. The predicted octanol–water partition coefficient (Wildman–Crippen LogP) is -0.184. The number of nitrogen functional groups attached to an aromatic ring is 1. The van der Waals surface area contributed by atoms with Crippen LogP contribution in [0.15, 0.2) is 18.3 Å². The Morgan fingerprint density at radius 1 is 1.43 bits per heavy atom. The maximum absolute atomic E-state index is 11.7. The number of hydrogen-bond acceptors (Lipinski definition) is 6. The molecule has 1 amide bonds. The van der Waals surface area contributed by atoms with Crippen molar-refractivity contribution in [1.29, 1.82) is 5.26 Å². The van der Waals surface area contributed by atoms with E-state index < -0.39 is 0 Å². The minimum absolute atomic E-state index is 0.0314. The summed E-state index contributed by atoms with van der Waals surface area (Å²) in [6.07, 6.45) is 2.08. The van der Waals surface area contributed by atoms with Gasteiger partial charge in [-0.25, -0.2) is 4.98 Å². The van der Waals surface area contributed by atoms with Crippen LogP contribution in [0.3, 0.4) is 0 Å². The van der Waals surface area contributed by atoms with Gasteiger partial charge in [0.15, 0.2) is 5.82 Å². The summed E-state index contributed by atoms with van der Waals surface area (Å²) in [5.74, 6) is 0.784. The molecule has 7 heteroatoms. The fraction of sp³-hybridized carbons (Fsp3) is 0.500. The Hall–Kier alpha value is -2.33. The highest BCUT2D eigenvalue weighted by Crippen LogP contribution is 2.20. The maximum atomic E-state index is 11.7. The molecule has 0 spiro atoms. The van der Waals surface area contributed by atoms with Crippen LogP contribution in [0, 0.1) is 11.3 Å². The lowest BCUT2D eigenvalue weighted by Gasteiger charge is -2.35. The Kier molecular flexibility index (Phi) is 5.35. The van der Waals surface area contributed by atoms with Gasteiger partial charge in [-0.2, -0.15) is 5.26 Å². The number of hydrogen-bond donors (Lipinski definition) is 2. The SMILES string of the molecule is N#CCCNC(=O)CN1CCN(c2ncccc2N)CC1. The highest BCUT2D eigenvalue weighted by atomic mass is 16.2. The molecule has 0 aromatic carbocycles. The van der Waals surface area contributed by atoms with Gasteiger partial charge in [-0.3, -0.25) is 9.69 Å². The predicted molar refractivity (Wildman–Crippen MR) is 80.5 cm³/mol. The summed E-state index contributed by atoms with van der Waals surface area (Å²) in [7, 11) is 0.